The number of nitrogens with zero attached hydrogens (tertiary/aromatic N) is 2. The molecule has 7 nitrogen and oxygen atoms in total. The molecule has 1 aliphatic rings. The highest BCUT2D eigenvalue weighted by Crippen LogP contribution is 2.44. The lowest BCUT2D eigenvalue weighted by Crippen LogP contribution is -2.50. The highest BCUT2D eigenvalue weighted by Gasteiger charge is 2.47. The summed E-state index contributed by atoms with van der Waals surface area (Å²) in [7, 11) is -0.876. The summed E-state index contributed by atoms with van der Waals surface area (Å²) >= 11 is 6.13. The second-order valence-electron chi connectivity index (χ2n) is 12.8. The predicted octanol–water partition coefficient (Wildman–Crippen LogP) is 7.60. The Morgan fingerprint density at radius 3 is 2.21 bits per heavy atom. The molecule has 1 fully saturated rings. The van der Waals surface area contributed by atoms with Crippen molar-refractivity contribution in [1.82, 2.24) is 9.88 Å². The number of hydrogen-bond donors (Lipinski definition) is 0. The fourth-order valence-corrected chi connectivity index (χ4v) is 5.99. The molecule has 1 aromatic heterocycles. The standard InChI is InChI=1S/C30H43ClN2O5Si/c1-29(2,3)37-28(35)33-23(18-20-10-12-21(13-11-20)27(34)36-7)15-16-24(33)26(22-14-17-25(31)32-19-22)38-39(8,9)30(4,5)6/h10-14,17,19,23-24,26H,15-16,18H2,1-9H3/t23-,24+,26+/m0/s1. The van der Waals surface area contributed by atoms with E-state index in [0.29, 0.717) is 17.1 Å². The lowest BCUT2D eigenvalue weighted by atomic mass is 10.0. The van der Waals surface area contributed by atoms with Crippen LogP contribution in [0.4, 0.5) is 4.79 Å². The van der Waals surface area contributed by atoms with E-state index < -0.39 is 13.9 Å². The molecule has 0 bridgehead atoms. The number of esters is 1. The van der Waals surface area contributed by atoms with Crippen LogP contribution in [-0.4, -0.2) is 55.1 Å². The Balaban J connectivity index is 2.00. The molecule has 3 atom stereocenters. The zero-order valence-corrected chi connectivity index (χ0v) is 26.5. The molecule has 0 unspecified atom stereocenters. The average Bonchev–Trinajstić information content (AvgIpc) is 3.24. The Labute approximate surface area is 239 Å². The Kier molecular flexibility index (Phi) is 9.56. The molecule has 1 aliphatic heterocycles. The van der Waals surface area contributed by atoms with Gasteiger partial charge in [-0.1, -0.05) is 50.6 Å². The number of amides is 1. The maximum atomic E-state index is 13.8. The zero-order chi connectivity index (χ0) is 29.2. The van der Waals surface area contributed by atoms with Gasteiger partial charge in [-0.2, -0.15) is 0 Å². The number of hydrogen-bond acceptors (Lipinski definition) is 6. The maximum Gasteiger partial charge on any atom is 0.410 e. The van der Waals surface area contributed by atoms with Gasteiger partial charge < -0.3 is 13.9 Å². The molecule has 214 valence electrons. The van der Waals surface area contributed by atoms with Gasteiger partial charge in [0.05, 0.1) is 24.8 Å². The minimum atomic E-state index is -2.24. The van der Waals surface area contributed by atoms with Crippen LogP contribution in [0.5, 0.6) is 0 Å². The van der Waals surface area contributed by atoms with Crippen molar-refractivity contribution in [3.05, 3.63) is 64.4 Å². The number of benzene rings is 1. The van der Waals surface area contributed by atoms with Crippen LogP contribution in [0.15, 0.2) is 42.6 Å². The molecule has 0 N–H and O–H groups in total. The van der Waals surface area contributed by atoms with Gasteiger partial charge in [-0.3, -0.25) is 4.90 Å². The summed E-state index contributed by atoms with van der Waals surface area (Å²) in [5.41, 5.74) is 1.77. The van der Waals surface area contributed by atoms with Gasteiger partial charge in [0.2, 0.25) is 0 Å². The number of methoxy groups -OCH3 is 1. The molecule has 1 saturated heterocycles. The maximum absolute atomic E-state index is 13.8. The van der Waals surface area contributed by atoms with Gasteiger partial charge in [-0.25, -0.2) is 14.6 Å². The molecular weight excluding hydrogens is 532 g/mol. The first kappa shape index (κ1) is 31.1. The summed E-state index contributed by atoms with van der Waals surface area (Å²) in [5.74, 6) is -0.375. The van der Waals surface area contributed by atoms with Gasteiger partial charge in [0.15, 0.2) is 8.32 Å². The molecule has 2 aromatic rings. The molecule has 9 heteroatoms. The second-order valence-corrected chi connectivity index (χ2v) is 17.9. The summed E-state index contributed by atoms with van der Waals surface area (Å²) < 4.78 is 17.8. The van der Waals surface area contributed by atoms with Crippen LogP contribution in [0.3, 0.4) is 0 Å². The molecule has 0 aliphatic carbocycles. The van der Waals surface area contributed by atoms with Gasteiger partial charge in [0, 0.05) is 17.8 Å². The third kappa shape index (κ3) is 7.83. The predicted molar refractivity (Wildman–Crippen MR) is 157 cm³/mol. The fraction of sp³-hybridized carbons (Fsp3) is 0.567. The number of ether oxygens (including phenoxy) is 2. The molecule has 0 radical (unpaired) electrons. The van der Waals surface area contributed by atoms with Crippen molar-refractivity contribution in [2.24, 2.45) is 0 Å². The second kappa shape index (κ2) is 12.0. The SMILES string of the molecule is COC(=O)c1ccc(C[C@@H]2CC[C@H]([C@H](O[Si](C)(C)C(C)(C)C)c3ccc(Cl)nc3)N2C(=O)OC(C)(C)C)cc1. The Morgan fingerprint density at radius 1 is 1.05 bits per heavy atom. The lowest BCUT2D eigenvalue weighted by Gasteiger charge is -2.43. The average molecular weight is 575 g/mol. The van der Waals surface area contributed by atoms with E-state index in [2.05, 4.69) is 38.8 Å². The molecule has 3 rings (SSSR count). The van der Waals surface area contributed by atoms with E-state index in [1.807, 2.05) is 43.9 Å². The molecule has 1 aromatic carbocycles. The van der Waals surface area contributed by atoms with Crippen molar-refractivity contribution in [3.63, 3.8) is 0 Å². The summed E-state index contributed by atoms with van der Waals surface area (Å²) in [6, 6.07) is 10.7. The van der Waals surface area contributed by atoms with E-state index >= 15 is 0 Å². The first-order valence-corrected chi connectivity index (χ1v) is 16.8. The first-order valence-electron chi connectivity index (χ1n) is 13.5. The topological polar surface area (TPSA) is 78.0 Å². The summed E-state index contributed by atoms with van der Waals surface area (Å²) in [6.07, 6.45) is 3.20. The highest BCUT2D eigenvalue weighted by molar-refractivity contribution is 6.74. The van der Waals surface area contributed by atoms with Gasteiger partial charge in [-0.15, -0.1) is 0 Å². The minimum Gasteiger partial charge on any atom is -0.465 e. The van der Waals surface area contributed by atoms with Crippen LogP contribution in [0.1, 0.15) is 82.0 Å². The summed E-state index contributed by atoms with van der Waals surface area (Å²) in [6.45, 7) is 16.7. The van der Waals surface area contributed by atoms with Crippen LogP contribution in [-0.2, 0) is 20.3 Å². The Morgan fingerprint density at radius 2 is 1.69 bits per heavy atom. The third-order valence-electron chi connectivity index (χ3n) is 7.65. The zero-order valence-electron chi connectivity index (χ0n) is 24.7. The highest BCUT2D eigenvalue weighted by atomic mass is 35.5. The molecular formula is C30H43ClN2O5Si. The van der Waals surface area contributed by atoms with E-state index in [0.717, 1.165) is 24.0 Å². The van der Waals surface area contributed by atoms with Crippen molar-refractivity contribution in [2.45, 2.75) is 103 Å². The monoisotopic (exact) mass is 574 g/mol. The molecule has 0 spiro atoms. The van der Waals surface area contributed by atoms with E-state index in [-0.39, 0.29) is 35.3 Å². The van der Waals surface area contributed by atoms with Crippen LogP contribution in [0.2, 0.25) is 23.3 Å². The van der Waals surface area contributed by atoms with Crippen LogP contribution < -0.4 is 0 Å². The van der Waals surface area contributed by atoms with E-state index in [1.165, 1.54) is 7.11 Å². The van der Waals surface area contributed by atoms with E-state index in [1.54, 1.807) is 24.4 Å². The van der Waals surface area contributed by atoms with Gasteiger partial charge in [0.25, 0.3) is 0 Å². The smallest absolute Gasteiger partial charge is 0.410 e. The molecule has 0 saturated carbocycles. The molecule has 1 amide bonds. The molecule has 2 heterocycles. The van der Waals surface area contributed by atoms with Gasteiger partial charge >= 0.3 is 12.1 Å². The van der Waals surface area contributed by atoms with Gasteiger partial charge in [-0.05, 0) is 81.9 Å². The molecule has 39 heavy (non-hydrogen) atoms. The summed E-state index contributed by atoms with van der Waals surface area (Å²) in [4.78, 5) is 31.9. The fourth-order valence-electron chi connectivity index (χ4n) is 4.59. The normalized spacial score (nSPS) is 19.1. The van der Waals surface area contributed by atoms with E-state index in [4.69, 9.17) is 25.5 Å². The quantitative estimate of drug-likeness (QED) is 0.192. The number of carbonyl (C=O) groups is 2. The number of rotatable bonds is 7. The van der Waals surface area contributed by atoms with Crippen molar-refractivity contribution in [3.8, 4) is 0 Å². The Hall–Kier alpha value is -2.42. The first-order chi connectivity index (χ1) is 18.0. The van der Waals surface area contributed by atoms with Crippen molar-refractivity contribution in [1.29, 1.82) is 0 Å². The van der Waals surface area contributed by atoms with Crippen molar-refractivity contribution in [2.75, 3.05) is 7.11 Å². The number of carbonyl (C=O) groups excluding carboxylic acids is 2. The summed E-state index contributed by atoms with van der Waals surface area (Å²) in [5, 5.41) is 0.384. The number of aromatic nitrogens is 1. The van der Waals surface area contributed by atoms with Crippen LogP contribution in [0.25, 0.3) is 0 Å². The number of likely N-dealkylation sites (tertiary alicyclic amines) is 1. The number of halogens is 1. The minimum absolute atomic E-state index is 0.0265. The Bertz CT molecular complexity index is 1140. The lowest BCUT2D eigenvalue weighted by molar-refractivity contribution is -0.00244. The van der Waals surface area contributed by atoms with Gasteiger partial charge in [0.1, 0.15) is 10.8 Å². The van der Waals surface area contributed by atoms with Crippen LogP contribution >= 0.6 is 11.6 Å². The van der Waals surface area contributed by atoms with E-state index in [9.17, 15) is 9.59 Å². The largest absolute Gasteiger partial charge is 0.465 e. The third-order valence-corrected chi connectivity index (χ3v) is 12.3. The van der Waals surface area contributed by atoms with Crippen molar-refractivity contribution < 1.29 is 23.5 Å². The van der Waals surface area contributed by atoms with Crippen molar-refractivity contribution >= 4 is 32.0 Å². The number of pyridine rings is 1. The van der Waals surface area contributed by atoms with Crippen LogP contribution in [0, 0.1) is 0 Å².